The fraction of sp³-hybridized carbons (Fsp3) is 0.457. The number of rotatable bonds is 13. The number of imide groups is 1. The van der Waals surface area contributed by atoms with Crippen LogP contribution in [0.2, 0.25) is 5.02 Å². The second-order valence-electron chi connectivity index (χ2n) is 17.6. The molecule has 0 spiro atoms. The van der Waals surface area contributed by atoms with Crippen LogP contribution < -0.4 is 25.6 Å². The molecular formula is C46H55ClFN9O6S. The number of amides is 3. The third kappa shape index (κ3) is 9.53. The molecular weight excluding hydrogens is 861 g/mol. The lowest BCUT2D eigenvalue weighted by molar-refractivity contribution is -0.136. The molecule has 3 N–H and O–H groups in total. The van der Waals surface area contributed by atoms with E-state index >= 15 is 4.39 Å². The molecule has 4 aliphatic rings. The smallest absolute Gasteiger partial charge is 0.258 e. The van der Waals surface area contributed by atoms with Crippen LogP contribution in [-0.2, 0) is 32.5 Å². The first-order chi connectivity index (χ1) is 30.5. The zero-order valence-corrected chi connectivity index (χ0v) is 38.4. The van der Waals surface area contributed by atoms with Gasteiger partial charge in [0.05, 0.1) is 39.4 Å². The van der Waals surface area contributed by atoms with E-state index < -0.39 is 38.8 Å². The minimum absolute atomic E-state index is 0.0223. The number of hydrogen-bond acceptors (Lipinski definition) is 13. The van der Waals surface area contributed by atoms with Crippen LogP contribution in [0.5, 0.6) is 5.75 Å². The third-order valence-corrected chi connectivity index (χ3v) is 15.0. The quantitative estimate of drug-likeness (QED) is 0.123. The number of nitrogens with one attached hydrogen (secondary N) is 3. The number of halogens is 2. The number of carbonyl (C=O) groups is 3. The van der Waals surface area contributed by atoms with Crippen molar-refractivity contribution in [1.29, 1.82) is 0 Å². The Labute approximate surface area is 378 Å². The number of anilines is 5. The fourth-order valence-corrected chi connectivity index (χ4v) is 10.5. The van der Waals surface area contributed by atoms with Gasteiger partial charge in [-0.05, 0) is 94.8 Å². The van der Waals surface area contributed by atoms with Crippen LogP contribution in [0.4, 0.5) is 33.2 Å². The molecule has 1 unspecified atom stereocenters. The predicted molar refractivity (Wildman–Crippen MR) is 244 cm³/mol. The summed E-state index contributed by atoms with van der Waals surface area (Å²) in [4.78, 5) is 55.2. The Bertz CT molecular complexity index is 2560. The van der Waals surface area contributed by atoms with Gasteiger partial charge in [-0.15, -0.1) is 0 Å². The van der Waals surface area contributed by atoms with E-state index in [-0.39, 0.29) is 58.6 Å². The van der Waals surface area contributed by atoms with Crippen molar-refractivity contribution < 1.29 is 31.9 Å². The van der Waals surface area contributed by atoms with Gasteiger partial charge in [-0.25, -0.2) is 17.8 Å². The van der Waals surface area contributed by atoms with Gasteiger partial charge < -0.3 is 25.2 Å². The Balaban J connectivity index is 0.876. The van der Waals surface area contributed by atoms with Crippen LogP contribution in [0.15, 0.2) is 59.6 Å². The summed E-state index contributed by atoms with van der Waals surface area (Å²) in [6.07, 6.45) is 3.75. The highest BCUT2D eigenvalue weighted by Gasteiger charge is 2.41. The van der Waals surface area contributed by atoms with Crippen LogP contribution in [0, 0.1) is 12.7 Å². The molecule has 0 bridgehead atoms. The molecule has 18 heteroatoms. The van der Waals surface area contributed by atoms with Gasteiger partial charge in [0.2, 0.25) is 17.8 Å². The lowest BCUT2D eigenvalue weighted by Crippen LogP contribution is -2.53. The van der Waals surface area contributed by atoms with E-state index in [0.717, 1.165) is 68.9 Å². The van der Waals surface area contributed by atoms with Gasteiger partial charge in [-0.3, -0.25) is 29.5 Å². The molecule has 8 rings (SSSR count). The van der Waals surface area contributed by atoms with Crippen molar-refractivity contribution in [2.75, 3.05) is 54.8 Å². The van der Waals surface area contributed by atoms with Crippen molar-refractivity contribution in [1.82, 2.24) is 30.0 Å². The highest BCUT2D eigenvalue weighted by molar-refractivity contribution is 7.92. The highest BCUT2D eigenvalue weighted by Crippen LogP contribution is 2.38. The molecule has 5 heterocycles. The minimum Gasteiger partial charge on any atom is -0.489 e. The maximum Gasteiger partial charge on any atom is 0.258 e. The summed E-state index contributed by atoms with van der Waals surface area (Å²) in [5.41, 5.74) is 4.61. The van der Waals surface area contributed by atoms with Crippen LogP contribution in [0.1, 0.15) is 80.4 Å². The van der Waals surface area contributed by atoms with Gasteiger partial charge in [0.1, 0.15) is 22.6 Å². The summed E-state index contributed by atoms with van der Waals surface area (Å²) in [5, 5.41) is 8.34. The van der Waals surface area contributed by atoms with Gasteiger partial charge in [0, 0.05) is 76.6 Å². The van der Waals surface area contributed by atoms with E-state index in [1.807, 2.05) is 26.0 Å². The molecule has 340 valence electrons. The topological polar surface area (TPSA) is 169 Å². The Morgan fingerprint density at radius 3 is 2.38 bits per heavy atom. The number of carbonyl (C=O) groups excluding carboxylic acids is 3. The van der Waals surface area contributed by atoms with Gasteiger partial charge in [-0.2, -0.15) is 4.98 Å². The molecule has 3 fully saturated rings. The van der Waals surface area contributed by atoms with Crippen molar-refractivity contribution in [2.24, 2.45) is 0 Å². The number of piperidine rings is 2. The number of para-hydroxylation sites is 1. The Kier molecular flexibility index (Phi) is 13.2. The molecule has 0 radical (unpaired) electrons. The van der Waals surface area contributed by atoms with Gasteiger partial charge in [0.15, 0.2) is 15.7 Å². The summed E-state index contributed by atoms with van der Waals surface area (Å²) < 4.78 is 48.0. The molecule has 1 aromatic heterocycles. The first kappa shape index (κ1) is 45.2. The maximum atomic E-state index is 15.4. The molecule has 0 saturated carbocycles. The van der Waals surface area contributed by atoms with E-state index in [1.54, 1.807) is 38.1 Å². The van der Waals surface area contributed by atoms with E-state index in [0.29, 0.717) is 35.3 Å². The van der Waals surface area contributed by atoms with Gasteiger partial charge in [0.25, 0.3) is 5.91 Å². The molecule has 15 nitrogen and oxygen atoms in total. The molecule has 3 aromatic carbocycles. The van der Waals surface area contributed by atoms with E-state index in [1.165, 1.54) is 17.2 Å². The first-order valence-electron chi connectivity index (χ1n) is 21.9. The predicted octanol–water partition coefficient (Wildman–Crippen LogP) is 6.58. The molecule has 64 heavy (non-hydrogen) atoms. The number of ether oxygens (including phenoxy) is 1. The summed E-state index contributed by atoms with van der Waals surface area (Å²) in [5.74, 6) is -0.777. The molecule has 3 amide bonds. The lowest BCUT2D eigenvalue weighted by Gasteiger charge is -2.43. The summed E-state index contributed by atoms with van der Waals surface area (Å²) in [7, 11) is -3.59. The van der Waals surface area contributed by atoms with Crippen LogP contribution in [0.25, 0.3) is 0 Å². The zero-order valence-electron chi connectivity index (χ0n) is 36.8. The fourth-order valence-electron chi connectivity index (χ4n) is 9.13. The normalized spacial score (nSPS) is 19.1. The summed E-state index contributed by atoms with van der Waals surface area (Å²) in [6.45, 7) is 15.3. The number of hydrogen-bond donors (Lipinski definition) is 3. The maximum absolute atomic E-state index is 15.4. The number of aromatic nitrogens is 2. The van der Waals surface area contributed by atoms with Crippen molar-refractivity contribution in [3.63, 3.8) is 0 Å². The zero-order chi connectivity index (χ0) is 45.4. The Morgan fingerprint density at radius 2 is 1.67 bits per heavy atom. The molecule has 0 aliphatic carbocycles. The van der Waals surface area contributed by atoms with E-state index in [2.05, 4.69) is 53.6 Å². The average molecular weight is 917 g/mol. The number of aryl methyl sites for hydroxylation is 1. The summed E-state index contributed by atoms with van der Waals surface area (Å²) in [6, 6.07) is 13.8. The van der Waals surface area contributed by atoms with Crippen LogP contribution >= 0.6 is 11.6 Å². The standard InChI is InChI=1S/C46H55ClFN9O6S/c1-27(2)63-39-23-38(29(5)20-36(39)51-46-49-24-33(47)43(53-46)50-35-8-6-7-9-40(35)64(61,62)28(3)4)56-14-12-32(13-15-56)55-18-16-54(17-19-55)25-30-21-31-26-57(45(60)42(31)34(48)22-30)37-10-11-41(58)52-44(37)59/h6-9,20-24,27-28,32,37H,10-19,25-26H2,1-5H3,(H,52,58,59)(H2,49,50,51,53). The van der Waals surface area contributed by atoms with Crippen molar-refractivity contribution in [2.45, 2.75) is 102 Å². The van der Waals surface area contributed by atoms with Crippen molar-refractivity contribution >= 4 is 68.0 Å². The number of sulfone groups is 1. The van der Waals surface area contributed by atoms with E-state index in [4.69, 9.17) is 16.3 Å². The second-order valence-corrected chi connectivity index (χ2v) is 20.5. The monoisotopic (exact) mass is 915 g/mol. The minimum atomic E-state index is -3.59. The van der Waals surface area contributed by atoms with Gasteiger partial charge >= 0.3 is 0 Å². The number of benzene rings is 3. The molecule has 4 aromatic rings. The number of fused-ring (bicyclic) bond motifs is 1. The summed E-state index contributed by atoms with van der Waals surface area (Å²) >= 11 is 6.52. The number of nitrogens with zero attached hydrogens (tertiary/aromatic N) is 6. The SMILES string of the molecule is Cc1cc(Nc2ncc(Cl)c(Nc3ccccc3S(=O)(=O)C(C)C)n2)c(OC(C)C)cc1N1CCC(N2CCN(Cc3cc(F)c4c(c3)CN(C3CCC(=O)NC3=O)C4=O)CC2)CC1. The molecule has 4 aliphatic heterocycles. The van der Waals surface area contributed by atoms with Gasteiger partial charge in [-0.1, -0.05) is 29.8 Å². The Hall–Kier alpha value is -5.36. The average Bonchev–Trinajstić information content (AvgIpc) is 3.58. The Morgan fingerprint density at radius 1 is 0.938 bits per heavy atom. The highest BCUT2D eigenvalue weighted by atomic mass is 35.5. The third-order valence-electron chi connectivity index (χ3n) is 12.5. The van der Waals surface area contributed by atoms with Crippen molar-refractivity contribution in [3.8, 4) is 5.75 Å². The first-order valence-corrected chi connectivity index (χ1v) is 23.9. The largest absolute Gasteiger partial charge is 0.489 e. The lowest BCUT2D eigenvalue weighted by atomic mass is 10.00. The van der Waals surface area contributed by atoms with Crippen molar-refractivity contribution in [3.05, 3.63) is 87.8 Å². The van der Waals surface area contributed by atoms with Crippen LogP contribution in [0.3, 0.4) is 0 Å². The molecule has 1 atom stereocenters. The molecule has 3 saturated heterocycles. The number of piperazine rings is 1. The second kappa shape index (κ2) is 18.6. The van der Waals surface area contributed by atoms with E-state index in [9.17, 15) is 22.8 Å². The van der Waals surface area contributed by atoms with Crippen LogP contribution in [-0.4, -0.2) is 114 Å².